The van der Waals surface area contributed by atoms with Gasteiger partial charge in [-0.2, -0.15) is 15.0 Å². The Bertz CT molecular complexity index is 1290. The van der Waals surface area contributed by atoms with Crippen molar-refractivity contribution in [1.29, 1.82) is 0 Å². The van der Waals surface area contributed by atoms with E-state index in [-0.39, 0.29) is 5.95 Å². The lowest BCUT2D eigenvalue weighted by Crippen LogP contribution is -2.38. The van der Waals surface area contributed by atoms with Crippen LogP contribution in [0, 0.1) is 0 Å². The van der Waals surface area contributed by atoms with Crippen LogP contribution in [0.1, 0.15) is 12.2 Å². The number of fused-ring (bicyclic) bond motifs is 1. The van der Waals surface area contributed by atoms with Crippen molar-refractivity contribution in [3.8, 4) is 11.7 Å². The number of aromatic nitrogens is 5. The minimum Gasteiger partial charge on any atom is -0.497 e. The van der Waals surface area contributed by atoms with Crippen molar-refractivity contribution in [3.63, 3.8) is 0 Å². The Kier molecular flexibility index (Phi) is 5.93. The highest BCUT2D eigenvalue weighted by molar-refractivity contribution is 5.77. The number of nitrogens with zero attached hydrogens (tertiary/aromatic N) is 7. The van der Waals surface area contributed by atoms with Gasteiger partial charge in [0.15, 0.2) is 5.82 Å². The summed E-state index contributed by atoms with van der Waals surface area (Å²) in [5.41, 5.74) is 1.74. The van der Waals surface area contributed by atoms with E-state index in [1.54, 1.807) is 36.3 Å². The van der Waals surface area contributed by atoms with E-state index >= 15 is 0 Å². The van der Waals surface area contributed by atoms with Crippen molar-refractivity contribution < 1.29 is 18.3 Å². The lowest BCUT2D eigenvalue weighted by Gasteiger charge is -2.28. The van der Waals surface area contributed by atoms with Crippen molar-refractivity contribution in [1.82, 2.24) is 24.5 Å². The highest BCUT2D eigenvalue weighted by Crippen LogP contribution is 2.29. The topological polar surface area (TPSA) is 81.4 Å². The van der Waals surface area contributed by atoms with Gasteiger partial charge < -0.3 is 19.3 Å². The molecule has 0 aliphatic carbocycles. The number of methoxy groups -OCH3 is 1. The number of imidazole rings is 1. The van der Waals surface area contributed by atoms with E-state index in [4.69, 9.17) is 9.47 Å². The molecule has 1 aliphatic heterocycles. The Hall–Kier alpha value is -3.86. The van der Waals surface area contributed by atoms with Crippen molar-refractivity contribution in [2.24, 2.45) is 0 Å². The molecule has 0 atom stereocenters. The number of halogens is 2. The average molecular weight is 467 g/mol. The molecule has 34 heavy (non-hydrogen) atoms. The number of alkyl halides is 2. The van der Waals surface area contributed by atoms with Crippen molar-refractivity contribution in [2.75, 3.05) is 50.3 Å². The maximum atomic E-state index is 14.0. The second-order valence-electron chi connectivity index (χ2n) is 7.69. The summed E-state index contributed by atoms with van der Waals surface area (Å²) < 4.78 is 40.0. The molecule has 0 bridgehead atoms. The largest absolute Gasteiger partial charge is 0.497 e. The first-order valence-electron chi connectivity index (χ1n) is 10.8. The van der Waals surface area contributed by atoms with Gasteiger partial charge in [0, 0.05) is 25.8 Å². The van der Waals surface area contributed by atoms with Crippen LogP contribution in [0.2, 0.25) is 0 Å². The first kappa shape index (κ1) is 22.0. The molecule has 0 N–H and O–H groups in total. The van der Waals surface area contributed by atoms with Gasteiger partial charge in [0.05, 0.1) is 31.4 Å². The lowest BCUT2D eigenvalue weighted by atomic mass is 10.3. The molecule has 9 nitrogen and oxygen atoms in total. The molecule has 0 amide bonds. The highest BCUT2D eigenvalue weighted by Gasteiger charge is 2.25. The molecule has 5 rings (SSSR count). The molecule has 176 valence electrons. The van der Waals surface area contributed by atoms with Crippen LogP contribution in [0.15, 0.2) is 48.5 Å². The van der Waals surface area contributed by atoms with Gasteiger partial charge in [0.25, 0.3) is 6.43 Å². The molecule has 0 radical (unpaired) electrons. The van der Waals surface area contributed by atoms with Gasteiger partial charge in [-0.3, -0.25) is 4.57 Å². The van der Waals surface area contributed by atoms with E-state index in [2.05, 4.69) is 19.9 Å². The van der Waals surface area contributed by atoms with E-state index in [0.717, 1.165) is 5.69 Å². The summed E-state index contributed by atoms with van der Waals surface area (Å²) in [7, 11) is 3.41. The minimum absolute atomic E-state index is 0.0795. The number of benzene rings is 2. The Morgan fingerprint density at radius 1 is 0.941 bits per heavy atom. The van der Waals surface area contributed by atoms with Gasteiger partial charge >= 0.3 is 0 Å². The molecule has 11 heteroatoms. The number of morpholine rings is 1. The maximum Gasteiger partial charge on any atom is 0.296 e. The van der Waals surface area contributed by atoms with Gasteiger partial charge in [0.1, 0.15) is 5.75 Å². The smallest absolute Gasteiger partial charge is 0.296 e. The van der Waals surface area contributed by atoms with E-state index in [1.807, 2.05) is 36.2 Å². The van der Waals surface area contributed by atoms with Gasteiger partial charge in [-0.05, 0) is 36.4 Å². The van der Waals surface area contributed by atoms with Crippen LogP contribution in [-0.2, 0) is 4.74 Å². The highest BCUT2D eigenvalue weighted by atomic mass is 19.3. The normalized spacial score (nSPS) is 14.1. The molecule has 1 fully saturated rings. The van der Waals surface area contributed by atoms with Crippen molar-refractivity contribution in [2.45, 2.75) is 6.43 Å². The van der Waals surface area contributed by atoms with E-state index in [1.165, 1.54) is 4.57 Å². The summed E-state index contributed by atoms with van der Waals surface area (Å²) in [6, 6.07) is 14.3. The molecule has 1 saturated heterocycles. The van der Waals surface area contributed by atoms with Gasteiger partial charge in [-0.25, -0.2) is 13.8 Å². The zero-order valence-electron chi connectivity index (χ0n) is 18.7. The lowest BCUT2D eigenvalue weighted by molar-refractivity contribution is 0.122. The molecule has 1 aliphatic rings. The summed E-state index contributed by atoms with van der Waals surface area (Å²) in [5, 5.41) is 0. The van der Waals surface area contributed by atoms with E-state index in [9.17, 15) is 8.78 Å². The van der Waals surface area contributed by atoms with Crippen molar-refractivity contribution >= 4 is 28.6 Å². The van der Waals surface area contributed by atoms with Crippen molar-refractivity contribution in [3.05, 3.63) is 54.4 Å². The number of hydrogen-bond acceptors (Lipinski definition) is 8. The Morgan fingerprint density at radius 2 is 1.65 bits per heavy atom. The molecule has 3 heterocycles. The van der Waals surface area contributed by atoms with Crippen LogP contribution in [0.5, 0.6) is 5.75 Å². The van der Waals surface area contributed by atoms with E-state index in [0.29, 0.717) is 55.0 Å². The minimum atomic E-state index is -2.81. The third-order valence-corrected chi connectivity index (χ3v) is 5.64. The van der Waals surface area contributed by atoms with E-state index < -0.39 is 12.2 Å². The Morgan fingerprint density at radius 3 is 2.35 bits per heavy atom. The van der Waals surface area contributed by atoms with Gasteiger partial charge in [-0.1, -0.05) is 12.1 Å². The second-order valence-corrected chi connectivity index (χ2v) is 7.69. The molecule has 0 spiro atoms. The third kappa shape index (κ3) is 4.10. The molecule has 2 aromatic carbocycles. The molecular weight excluding hydrogens is 444 g/mol. The third-order valence-electron chi connectivity index (χ3n) is 5.64. The van der Waals surface area contributed by atoms with Crippen LogP contribution in [0.4, 0.5) is 26.4 Å². The maximum absolute atomic E-state index is 14.0. The van der Waals surface area contributed by atoms with Gasteiger partial charge in [-0.15, -0.1) is 0 Å². The number of hydrogen-bond donors (Lipinski definition) is 0. The molecule has 2 aromatic heterocycles. The predicted molar refractivity (Wildman–Crippen MR) is 124 cm³/mol. The van der Waals surface area contributed by atoms with Crippen LogP contribution < -0.4 is 14.5 Å². The second kappa shape index (κ2) is 9.18. The SMILES string of the molecule is COc1ccc(N(C)c2nc(N3CCOCC3)nc(-n3c(C(F)F)nc4ccccc43)n2)cc1. The van der Waals surface area contributed by atoms with Crippen LogP contribution in [0.3, 0.4) is 0 Å². The first-order valence-corrected chi connectivity index (χ1v) is 10.8. The Balaban J connectivity index is 1.67. The fourth-order valence-electron chi connectivity index (χ4n) is 3.82. The fraction of sp³-hybridized carbons (Fsp3) is 0.304. The van der Waals surface area contributed by atoms with Crippen LogP contribution >= 0.6 is 0 Å². The number of rotatable bonds is 6. The fourth-order valence-corrected chi connectivity index (χ4v) is 3.82. The van der Waals surface area contributed by atoms with Gasteiger partial charge in [0.2, 0.25) is 17.8 Å². The number of ether oxygens (including phenoxy) is 2. The molecular formula is C23H23F2N7O2. The first-order chi connectivity index (χ1) is 16.5. The monoisotopic (exact) mass is 467 g/mol. The summed E-state index contributed by atoms with van der Waals surface area (Å²) in [4.78, 5) is 21.7. The quantitative estimate of drug-likeness (QED) is 0.424. The molecule has 0 unspecified atom stereocenters. The predicted octanol–water partition coefficient (Wildman–Crippen LogP) is 3.76. The zero-order valence-corrected chi connectivity index (χ0v) is 18.7. The average Bonchev–Trinajstić information content (AvgIpc) is 3.29. The number of anilines is 3. The summed E-state index contributed by atoms with van der Waals surface area (Å²) in [6.07, 6.45) is -2.81. The number of para-hydroxylation sites is 2. The summed E-state index contributed by atoms with van der Waals surface area (Å²) >= 11 is 0. The molecule has 4 aromatic rings. The summed E-state index contributed by atoms with van der Waals surface area (Å²) in [5.74, 6) is 1.08. The van der Waals surface area contributed by atoms with Crippen LogP contribution in [-0.4, -0.2) is 65.0 Å². The molecule has 0 saturated carbocycles. The Labute approximate surface area is 194 Å². The zero-order chi connectivity index (χ0) is 23.7. The standard InChI is InChI=1S/C23H23F2N7O2/c1-30(15-7-9-16(33-2)10-8-15)21-27-22(31-11-13-34-14-12-31)29-23(28-21)32-18-6-4-3-5-17(18)26-20(32)19(24)25/h3-10,19H,11-14H2,1-2H3. The van der Waals surface area contributed by atoms with Crippen LogP contribution in [0.25, 0.3) is 17.0 Å². The summed E-state index contributed by atoms with van der Waals surface area (Å²) in [6.45, 7) is 2.23.